The van der Waals surface area contributed by atoms with Crippen LogP contribution in [0, 0.1) is 5.41 Å². The third kappa shape index (κ3) is 4.52. The van der Waals surface area contributed by atoms with E-state index in [1.807, 2.05) is 36.1 Å². The van der Waals surface area contributed by atoms with Crippen molar-refractivity contribution in [3.05, 3.63) is 47.3 Å². The van der Waals surface area contributed by atoms with Crippen LogP contribution in [0.5, 0.6) is 0 Å². The van der Waals surface area contributed by atoms with E-state index in [9.17, 15) is 9.59 Å². The van der Waals surface area contributed by atoms with Gasteiger partial charge in [-0.05, 0) is 30.4 Å². The average molecular weight is 383 g/mol. The van der Waals surface area contributed by atoms with Crippen LogP contribution >= 0.6 is 0 Å². The number of benzene rings is 1. The summed E-state index contributed by atoms with van der Waals surface area (Å²) < 4.78 is 0. The van der Waals surface area contributed by atoms with Crippen molar-refractivity contribution in [1.29, 1.82) is 0 Å². The van der Waals surface area contributed by atoms with Crippen LogP contribution in [-0.4, -0.2) is 45.0 Å². The van der Waals surface area contributed by atoms with Crippen molar-refractivity contribution >= 4 is 17.6 Å². The predicted molar refractivity (Wildman–Crippen MR) is 109 cm³/mol. The number of amides is 3. The Morgan fingerprint density at radius 3 is 2.79 bits per heavy atom. The van der Waals surface area contributed by atoms with Crippen LogP contribution in [0.25, 0.3) is 0 Å². The molecule has 1 aromatic heterocycles. The number of urea groups is 1. The summed E-state index contributed by atoms with van der Waals surface area (Å²) in [5, 5.41) is 10.3. The molecule has 7 nitrogen and oxygen atoms in total. The van der Waals surface area contributed by atoms with E-state index in [4.69, 9.17) is 0 Å². The summed E-state index contributed by atoms with van der Waals surface area (Å²) in [6, 6.07) is 7.51. The van der Waals surface area contributed by atoms with Crippen LogP contribution in [0.3, 0.4) is 0 Å². The second-order valence-corrected chi connectivity index (χ2v) is 8.19. The van der Waals surface area contributed by atoms with E-state index in [1.54, 1.807) is 18.0 Å². The Balaban J connectivity index is 1.79. The molecular formula is C21H29N5O2. The van der Waals surface area contributed by atoms with E-state index in [1.165, 1.54) is 0 Å². The zero-order valence-electron chi connectivity index (χ0n) is 17.1. The average Bonchev–Trinajstić information content (AvgIpc) is 3.00. The van der Waals surface area contributed by atoms with Crippen LogP contribution in [0.2, 0.25) is 0 Å². The number of rotatable bonds is 4. The number of para-hydroxylation sites is 1. The van der Waals surface area contributed by atoms with Crippen LogP contribution in [0.4, 0.5) is 10.5 Å². The van der Waals surface area contributed by atoms with Gasteiger partial charge in [0.15, 0.2) is 0 Å². The largest absolute Gasteiger partial charge is 0.339 e. The Morgan fingerprint density at radius 1 is 1.32 bits per heavy atom. The molecule has 0 saturated carbocycles. The number of carbonyl (C=O) groups is 2. The van der Waals surface area contributed by atoms with E-state index in [0.29, 0.717) is 26.2 Å². The van der Waals surface area contributed by atoms with Gasteiger partial charge in [-0.25, -0.2) is 4.79 Å². The summed E-state index contributed by atoms with van der Waals surface area (Å²) in [6.07, 6.45) is 2.66. The van der Waals surface area contributed by atoms with Gasteiger partial charge < -0.3 is 15.1 Å². The van der Waals surface area contributed by atoms with Gasteiger partial charge in [-0.15, -0.1) is 0 Å². The highest BCUT2D eigenvalue weighted by Crippen LogP contribution is 2.29. The molecule has 3 rings (SSSR count). The van der Waals surface area contributed by atoms with Crippen molar-refractivity contribution in [2.24, 2.45) is 5.41 Å². The van der Waals surface area contributed by atoms with E-state index >= 15 is 0 Å². The third-order valence-corrected chi connectivity index (χ3v) is 5.18. The normalized spacial score (nSPS) is 15.5. The Hall–Kier alpha value is -2.83. The lowest BCUT2D eigenvalue weighted by molar-refractivity contribution is -0.129. The molecule has 0 fully saturated rings. The van der Waals surface area contributed by atoms with Gasteiger partial charge in [-0.1, -0.05) is 32.0 Å². The number of hydrogen-bond acceptors (Lipinski definition) is 3. The minimum atomic E-state index is -0.138. The monoisotopic (exact) mass is 383 g/mol. The summed E-state index contributed by atoms with van der Waals surface area (Å²) in [5.74, 6) is 0.0189. The molecule has 0 bridgehead atoms. The first-order valence-corrected chi connectivity index (χ1v) is 9.69. The van der Waals surface area contributed by atoms with E-state index < -0.39 is 0 Å². The number of anilines is 1. The Kier molecular flexibility index (Phi) is 5.72. The number of carbonyl (C=O) groups excluding carboxylic acids is 2. The maximum Gasteiger partial charge on any atom is 0.322 e. The van der Waals surface area contributed by atoms with E-state index in [2.05, 4.69) is 29.4 Å². The van der Waals surface area contributed by atoms with Gasteiger partial charge in [-0.2, -0.15) is 5.10 Å². The number of nitrogens with zero attached hydrogens (tertiary/aromatic N) is 3. The molecule has 2 aromatic rings. The van der Waals surface area contributed by atoms with Crippen LogP contribution < -0.4 is 5.32 Å². The SMILES string of the molecule is CCN(Cc1ccccc1NC(=O)N1Cc2cn[nH]c2CC(C)(C)C1)C(C)=O. The summed E-state index contributed by atoms with van der Waals surface area (Å²) in [5.41, 5.74) is 3.76. The van der Waals surface area contributed by atoms with Crippen LogP contribution in [0.15, 0.2) is 30.5 Å². The molecule has 2 heterocycles. The van der Waals surface area contributed by atoms with E-state index in [-0.39, 0.29) is 17.4 Å². The second-order valence-electron chi connectivity index (χ2n) is 8.19. The van der Waals surface area contributed by atoms with Gasteiger partial charge in [-0.3, -0.25) is 9.89 Å². The fraction of sp³-hybridized carbons (Fsp3) is 0.476. The maximum absolute atomic E-state index is 13.1. The molecule has 0 radical (unpaired) electrons. The smallest absolute Gasteiger partial charge is 0.322 e. The van der Waals surface area contributed by atoms with Crippen molar-refractivity contribution in [1.82, 2.24) is 20.0 Å². The standard InChI is InChI=1S/C21H29N5O2/c1-5-25(15(2)27)12-16-8-6-7-9-18(16)23-20(28)26-13-17-11-22-24-19(17)10-21(3,4)14-26/h6-9,11H,5,10,12-14H2,1-4H3,(H,22,24)(H,23,28). The molecule has 0 aliphatic carbocycles. The van der Waals surface area contributed by atoms with Gasteiger partial charge in [0.25, 0.3) is 0 Å². The van der Waals surface area contributed by atoms with Crippen molar-refractivity contribution in [3.63, 3.8) is 0 Å². The van der Waals surface area contributed by atoms with Crippen LogP contribution in [0.1, 0.15) is 44.5 Å². The molecule has 28 heavy (non-hydrogen) atoms. The summed E-state index contributed by atoms with van der Waals surface area (Å²) in [7, 11) is 0. The zero-order valence-corrected chi connectivity index (χ0v) is 17.1. The van der Waals surface area contributed by atoms with Crippen molar-refractivity contribution in [2.75, 3.05) is 18.4 Å². The minimum Gasteiger partial charge on any atom is -0.339 e. The molecule has 0 unspecified atom stereocenters. The first-order chi connectivity index (χ1) is 13.3. The van der Waals surface area contributed by atoms with Gasteiger partial charge >= 0.3 is 6.03 Å². The van der Waals surface area contributed by atoms with Gasteiger partial charge in [0.1, 0.15) is 0 Å². The molecule has 0 saturated heterocycles. The molecule has 2 N–H and O–H groups in total. The molecule has 0 atom stereocenters. The molecule has 7 heteroatoms. The molecule has 150 valence electrons. The highest BCUT2D eigenvalue weighted by Gasteiger charge is 2.31. The number of aromatic amines is 1. The fourth-order valence-electron chi connectivity index (χ4n) is 3.71. The van der Waals surface area contributed by atoms with E-state index in [0.717, 1.165) is 28.9 Å². The fourth-order valence-corrected chi connectivity index (χ4v) is 3.71. The molecule has 0 spiro atoms. The lowest BCUT2D eigenvalue weighted by atomic mass is 9.88. The molecular weight excluding hydrogens is 354 g/mol. The van der Waals surface area contributed by atoms with Gasteiger partial charge in [0.05, 0.1) is 12.7 Å². The first kappa shape index (κ1) is 19.9. The topological polar surface area (TPSA) is 81.3 Å². The van der Waals surface area contributed by atoms with Gasteiger partial charge in [0.2, 0.25) is 5.91 Å². The highest BCUT2D eigenvalue weighted by atomic mass is 16.2. The lowest BCUT2D eigenvalue weighted by Gasteiger charge is -2.30. The summed E-state index contributed by atoms with van der Waals surface area (Å²) >= 11 is 0. The Labute approximate surface area is 166 Å². The minimum absolute atomic E-state index is 0.0189. The Bertz CT molecular complexity index is 858. The predicted octanol–water partition coefficient (Wildman–Crippen LogP) is 3.39. The van der Waals surface area contributed by atoms with Crippen LogP contribution in [-0.2, 0) is 24.3 Å². The lowest BCUT2D eigenvalue weighted by Crippen LogP contribution is -2.40. The summed E-state index contributed by atoms with van der Waals surface area (Å²) in [6.45, 7) is 10.1. The van der Waals surface area contributed by atoms with Crippen molar-refractivity contribution < 1.29 is 9.59 Å². The summed E-state index contributed by atoms with van der Waals surface area (Å²) in [4.78, 5) is 28.4. The number of H-pyrrole nitrogens is 1. The zero-order chi connectivity index (χ0) is 20.3. The highest BCUT2D eigenvalue weighted by molar-refractivity contribution is 5.90. The van der Waals surface area contributed by atoms with Gasteiger partial charge in [0, 0.05) is 43.5 Å². The number of aromatic nitrogens is 2. The van der Waals surface area contributed by atoms with Crippen molar-refractivity contribution in [3.8, 4) is 0 Å². The third-order valence-electron chi connectivity index (χ3n) is 5.18. The number of hydrogen-bond donors (Lipinski definition) is 2. The molecule has 1 aliphatic rings. The van der Waals surface area contributed by atoms with Crippen molar-refractivity contribution in [2.45, 2.75) is 47.2 Å². The quantitative estimate of drug-likeness (QED) is 0.849. The number of nitrogens with one attached hydrogen (secondary N) is 2. The maximum atomic E-state index is 13.1. The molecule has 1 aromatic carbocycles. The molecule has 1 aliphatic heterocycles. The second kappa shape index (κ2) is 8.04. The number of fused-ring (bicyclic) bond motifs is 1. The first-order valence-electron chi connectivity index (χ1n) is 9.69. The molecule has 3 amide bonds. The Morgan fingerprint density at radius 2 is 2.07 bits per heavy atom.